The van der Waals surface area contributed by atoms with Gasteiger partial charge in [-0.15, -0.1) is 0 Å². The number of nitrogens with zero attached hydrogens (tertiary/aromatic N) is 3. The summed E-state index contributed by atoms with van der Waals surface area (Å²) in [5.74, 6) is 1.54. The number of nitrogens with one attached hydrogen (secondary N) is 1. The van der Waals surface area contributed by atoms with Crippen molar-refractivity contribution in [1.29, 1.82) is 0 Å². The molecule has 5 nitrogen and oxygen atoms in total. The zero-order valence-electron chi connectivity index (χ0n) is 16.3. The summed E-state index contributed by atoms with van der Waals surface area (Å²) in [6, 6.07) is 22.3. The molecule has 0 bridgehead atoms. The second kappa shape index (κ2) is 7.59. The summed E-state index contributed by atoms with van der Waals surface area (Å²) in [7, 11) is 0. The van der Waals surface area contributed by atoms with E-state index in [0.29, 0.717) is 12.5 Å². The fraction of sp³-hybridized carbons (Fsp3) is 0.250. The van der Waals surface area contributed by atoms with E-state index in [2.05, 4.69) is 23.2 Å². The van der Waals surface area contributed by atoms with Crippen LogP contribution in [0.25, 0.3) is 11.0 Å². The Morgan fingerprint density at radius 3 is 2.52 bits per heavy atom. The third-order valence-electron chi connectivity index (χ3n) is 5.82. The van der Waals surface area contributed by atoms with Gasteiger partial charge in [-0.3, -0.25) is 4.79 Å². The number of carbonyl (C=O) groups is 1. The normalized spacial score (nSPS) is 15.1. The highest BCUT2D eigenvalue weighted by molar-refractivity contribution is 5.93. The average molecular weight is 384 g/mol. The highest BCUT2D eigenvalue weighted by atomic mass is 16.2. The molecule has 3 heterocycles. The van der Waals surface area contributed by atoms with E-state index in [-0.39, 0.29) is 5.91 Å². The number of amides is 1. The fourth-order valence-corrected chi connectivity index (χ4v) is 4.21. The highest BCUT2D eigenvalue weighted by Crippen LogP contribution is 2.28. The molecule has 0 unspecified atom stereocenters. The molecule has 1 saturated heterocycles. The van der Waals surface area contributed by atoms with Crippen molar-refractivity contribution >= 4 is 16.9 Å². The number of benzene rings is 2. The van der Waals surface area contributed by atoms with E-state index < -0.39 is 0 Å². The molecule has 0 saturated carbocycles. The van der Waals surface area contributed by atoms with Crippen molar-refractivity contribution in [1.82, 2.24) is 19.4 Å². The molecule has 5 rings (SSSR count). The number of likely N-dealkylation sites (tertiary alicyclic amines) is 1. The van der Waals surface area contributed by atoms with Gasteiger partial charge in [-0.25, -0.2) is 4.98 Å². The summed E-state index contributed by atoms with van der Waals surface area (Å²) in [6.07, 6.45) is 3.86. The third-order valence-corrected chi connectivity index (χ3v) is 5.82. The molecule has 29 heavy (non-hydrogen) atoms. The lowest BCUT2D eigenvalue weighted by atomic mass is 9.96. The van der Waals surface area contributed by atoms with Gasteiger partial charge in [0.15, 0.2) is 0 Å². The number of hydrogen-bond donors (Lipinski definition) is 1. The molecule has 0 radical (unpaired) electrons. The standard InChI is InChI=1S/C24H24N4O/c29-24(22-11-6-14-28(22)17-18-7-2-1-3-8-18)27-15-12-19(13-16-27)23-25-20-9-4-5-10-21(20)26-23/h1-11,14,19H,12-13,15-17H2,(H,25,26). The minimum Gasteiger partial charge on any atom is -0.342 e. The first kappa shape index (κ1) is 17.7. The zero-order valence-corrected chi connectivity index (χ0v) is 16.3. The molecule has 0 aliphatic carbocycles. The van der Waals surface area contributed by atoms with Crippen LogP contribution in [0.5, 0.6) is 0 Å². The third kappa shape index (κ3) is 3.56. The van der Waals surface area contributed by atoms with E-state index in [1.54, 1.807) is 0 Å². The van der Waals surface area contributed by atoms with Crippen LogP contribution in [0.4, 0.5) is 0 Å². The molecular weight excluding hydrogens is 360 g/mol. The molecule has 5 heteroatoms. The van der Waals surface area contributed by atoms with Gasteiger partial charge in [0.1, 0.15) is 11.5 Å². The Morgan fingerprint density at radius 2 is 1.72 bits per heavy atom. The summed E-state index contributed by atoms with van der Waals surface area (Å²) in [6.45, 7) is 2.23. The minimum atomic E-state index is 0.119. The first-order chi connectivity index (χ1) is 14.3. The van der Waals surface area contributed by atoms with Crippen molar-refractivity contribution < 1.29 is 4.79 Å². The van der Waals surface area contributed by atoms with Crippen molar-refractivity contribution in [3.8, 4) is 0 Å². The number of para-hydroxylation sites is 2. The number of carbonyl (C=O) groups excluding carboxylic acids is 1. The predicted octanol–water partition coefficient (Wildman–Crippen LogP) is 4.43. The Morgan fingerprint density at radius 1 is 0.966 bits per heavy atom. The zero-order chi connectivity index (χ0) is 19.6. The SMILES string of the molecule is O=C(c1cccn1Cc1ccccc1)N1CCC(c2nc3ccccc3[nH]2)CC1. The summed E-state index contributed by atoms with van der Waals surface area (Å²) in [4.78, 5) is 23.3. The highest BCUT2D eigenvalue weighted by Gasteiger charge is 2.27. The number of fused-ring (bicyclic) bond motifs is 1. The molecule has 146 valence electrons. The molecule has 1 N–H and O–H groups in total. The van der Waals surface area contributed by atoms with Crippen LogP contribution in [0.1, 0.15) is 40.6 Å². The Kier molecular flexibility index (Phi) is 4.64. The smallest absolute Gasteiger partial charge is 0.270 e. The van der Waals surface area contributed by atoms with E-state index in [9.17, 15) is 4.79 Å². The van der Waals surface area contributed by atoms with Crippen LogP contribution in [-0.4, -0.2) is 38.4 Å². The van der Waals surface area contributed by atoms with Crippen LogP contribution in [0.2, 0.25) is 0 Å². The van der Waals surface area contributed by atoms with Gasteiger partial charge in [0.2, 0.25) is 0 Å². The number of piperidine rings is 1. The van der Waals surface area contributed by atoms with Gasteiger partial charge in [-0.1, -0.05) is 42.5 Å². The van der Waals surface area contributed by atoms with Crippen molar-refractivity contribution in [2.75, 3.05) is 13.1 Å². The van der Waals surface area contributed by atoms with E-state index in [4.69, 9.17) is 4.98 Å². The van der Waals surface area contributed by atoms with E-state index in [1.807, 2.05) is 64.2 Å². The molecule has 0 spiro atoms. The monoisotopic (exact) mass is 384 g/mol. The van der Waals surface area contributed by atoms with Gasteiger partial charge in [0.25, 0.3) is 5.91 Å². The van der Waals surface area contributed by atoms with Crippen LogP contribution in [0.15, 0.2) is 72.9 Å². The van der Waals surface area contributed by atoms with Crippen LogP contribution in [-0.2, 0) is 6.54 Å². The first-order valence-electron chi connectivity index (χ1n) is 10.2. The van der Waals surface area contributed by atoms with E-state index in [0.717, 1.165) is 48.5 Å². The number of aromatic nitrogens is 3. The summed E-state index contributed by atoms with van der Waals surface area (Å²) in [5, 5.41) is 0. The molecule has 1 fully saturated rings. The lowest BCUT2D eigenvalue weighted by molar-refractivity contribution is 0.0701. The van der Waals surface area contributed by atoms with E-state index >= 15 is 0 Å². The Balaban J connectivity index is 1.26. The van der Waals surface area contributed by atoms with Crippen LogP contribution >= 0.6 is 0 Å². The average Bonchev–Trinajstić information content (AvgIpc) is 3.41. The van der Waals surface area contributed by atoms with Gasteiger partial charge < -0.3 is 14.5 Å². The van der Waals surface area contributed by atoms with Gasteiger partial charge in [-0.2, -0.15) is 0 Å². The Bertz CT molecular complexity index is 1090. The lowest BCUT2D eigenvalue weighted by Crippen LogP contribution is -2.39. The quantitative estimate of drug-likeness (QED) is 0.566. The number of aromatic amines is 1. The van der Waals surface area contributed by atoms with Crippen LogP contribution in [0.3, 0.4) is 0 Å². The van der Waals surface area contributed by atoms with Gasteiger partial charge in [-0.05, 0) is 42.7 Å². The largest absolute Gasteiger partial charge is 0.342 e. The van der Waals surface area contributed by atoms with Crippen molar-refractivity contribution in [3.63, 3.8) is 0 Å². The van der Waals surface area contributed by atoms with Gasteiger partial charge in [0, 0.05) is 31.7 Å². The molecule has 1 amide bonds. The maximum Gasteiger partial charge on any atom is 0.270 e. The summed E-state index contributed by atoms with van der Waals surface area (Å²) < 4.78 is 2.04. The minimum absolute atomic E-state index is 0.119. The number of rotatable bonds is 4. The van der Waals surface area contributed by atoms with Crippen LogP contribution < -0.4 is 0 Å². The number of hydrogen-bond acceptors (Lipinski definition) is 2. The molecule has 1 aliphatic rings. The van der Waals surface area contributed by atoms with Crippen molar-refractivity contribution in [3.05, 3.63) is 90.0 Å². The molecular formula is C24H24N4O. The molecule has 4 aromatic rings. The fourth-order valence-electron chi connectivity index (χ4n) is 4.21. The molecule has 2 aromatic heterocycles. The topological polar surface area (TPSA) is 53.9 Å². The number of H-pyrrole nitrogens is 1. The Hall–Kier alpha value is -3.34. The molecule has 0 atom stereocenters. The van der Waals surface area contributed by atoms with Gasteiger partial charge >= 0.3 is 0 Å². The second-order valence-corrected chi connectivity index (χ2v) is 7.71. The summed E-state index contributed by atoms with van der Waals surface area (Å²) in [5.41, 5.74) is 4.05. The lowest BCUT2D eigenvalue weighted by Gasteiger charge is -2.31. The van der Waals surface area contributed by atoms with Crippen LogP contribution in [0, 0.1) is 0 Å². The van der Waals surface area contributed by atoms with Crippen molar-refractivity contribution in [2.24, 2.45) is 0 Å². The molecule has 2 aromatic carbocycles. The maximum atomic E-state index is 13.1. The first-order valence-corrected chi connectivity index (χ1v) is 10.2. The van der Waals surface area contributed by atoms with Crippen molar-refractivity contribution in [2.45, 2.75) is 25.3 Å². The Labute approximate surface area is 170 Å². The molecule has 1 aliphatic heterocycles. The van der Waals surface area contributed by atoms with Gasteiger partial charge in [0.05, 0.1) is 11.0 Å². The maximum absolute atomic E-state index is 13.1. The summed E-state index contributed by atoms with van der Waals surface area (Å²) >= 11 is 0. The number of imidazole rings is 1. The second-order valence-electron chi connectivity index (χ2n) is 7.71. The predicted molar refractivity (Wildman–Crippen MR) is 114 cm³/mol. The van der Waals surface area contributed by atoms with E-state index in [1.165, 1.54) is 5.56 Å².